The van der Waals surface area contributed by atoms with Crippen molar-refractivity contribution < 1.29 is 0 Å². The summed E-state index contributed by atoms with van der Waals surface area (Å²) in [5.74, 6) is 1.44. The Morgan fingerprint density at radius 2 is 1.95 bits per heavy atom. The maximum Gasteiger partial charge on any atom is 0.144 e. The van der Waals surface area contributed by atoms with Gasteiger partial charge in [0.25, 0.3) is 0 Å². The molecule has 0 radical (unpaired) electrons. The normalized spacial score (nSPS) is 10.7. The number of hydrogen-bond donors (Lipinski definition) is 2. The number of para-hydroxylation sites is 1. The molecule has 100 valence electrons. The number of hydrogen-bond acceptors (Lipinski definition) is 5. The Kier molecular flexibility index (Phi) is 3.52. The smallest absolute Gasteiger partial charge is 0.144 e. The number of pyridine rings is 1. The minimum absolute atomic E-state index is 0.326. The molecule has 2 heterocycles. The molecule has 0 aliphatic heterocycles. The number of nitrogens with two attached hydrogens (primary N) is 1. The number of benzene rings is 1. The van der Waals surface area contributed by atoms with Gasteiger partial charge in [0, 0.05) is 24.3 Å². The summed E-state index contributed by atoms with van der Waals surface area (Å²) in [4.78, 5) is 13.0. The molecule has 1 aromatic carbocycles. The van der Waals surface area contributed by atoms with Gasteiger partial charge in [-0.1, -0.05) is 18.2 Å². The minimum atomic E-state index is 0.326. The molecule has 5 heteroatoms. The molecule has 0 amide bonds. The molecule has 3 N–H and O–H groups in total. The molecule has 2 aromatic heterocycles. The summed E-state index contributed by atoms with van der Waals surface area (Å²) in [7, 11) is 0. The maximum atomic E-state index is 5.65. The van der Waals surface area contributed by atoms with E-state index in [0.29, 0.717) is 18.9 Å². The lowest BCUT2D eigenvalue weighted by molar-refractivity contribution is 0.922. The number of rotatable bonds is 4. The fourth-order valence-corrected chi connectivity index (χ4v) is 2.04. The summed E-state index contributed by atoms with van der Waals surface area (Å²) >= 11 is 0. The highest BCUT2D eigenvalue weighted by Gasteiger charge is 2.06. The molecular weight excluding hydrogens is 250 g/mol. The van der Waals surface area contributed by atoms with Crippen molar-refractivity contribution in [1.82, 2.24) is 15.0 Å². The maximum absolute atomic E-state index is 5.65. The molecule has 0 spiro atoms. The van der Waals surface area contributed by atoms with E-state index in [1.54, 1.807) is 6.20 Å². The molecule has 0 saturated carbocycles. The average Bonchev–Trinajstić information content (AvgIpc) is 2.53. The van der Waals surface area contributed by atoms with Gasteiger partial charge in [-0.2, -0.15) is 0 Å². The van der Waals surface area contributed by atoms with E-state index >= 15 is 0 Å². The molecule has 0 atom stereocenters. The van der Waals surface area contributed by atoms with Crippen LogP contribution in [0.25, 0.3) is 10.9 Å². The Bertz CT molecular complexity index is 712. The Labute approximate surface area is 116 Å². The first-order chi connectivity index (χ1) is 9.86. The van der Waals surface area contributed by atoms with E-state index in [9.17, 15) is 0 Å². The molecule has 0 bridgehead atoms. The van der Waals surface area contributed by atoms with Crippen molar-refractivity contribution in [2.24, 2.45) is 5.73 Å². The number of aromatic nitrogens is 3. The Hall–Kier alpha value is -2.53. The van der Waals surface area contributed by atoms with Crippen LogP contribution in [-0.4, -0.2) is 15.0 Å². The van der Waals surface area contributed by atoms with Gasteiger partial charge in [-0.3, -0.25) is 4.98 Å². The molecule has 20 heavy (non-hydrogen) atoms. The second kappa shape index (κ2) is 5.63. The number of nitrogens with zero attached hydrogens (tertiary/aromatic N) is 3. The summed E-state index contributed by atoms with van der Waals surface area (Å²) in [6, 6.07) is 11.8. The van der Waals surface area contributed by atoms with E-state index in [1.165, 1.54) is 0 Å². The summed E-state index contributed by atoms with van der Waals surface area (Å²) in [5, 5.41) is 4.33. The van der Waals surface area contributed by atoms with Gasteiger partial charge in [0.1, 0.15) is 11.6 Å². The number of fused-ring (bicyclic) bond motifs is 1. The molecule has 0 fully saturated rings. The molecule has 3 aromatic rings. The van der Waals surface area contributed by atoms with Crippen LogP contribution in [0, 0.1) is 0 Å². The van der Waals surface area contributed by atoms with E-state index in [1.807, 2.05) is 42.6 Å². The van der Waals surface area contributed by atoms with Crippen LogP contribution in [0.4, 0.5) is 5.82 Å². The predicted molar refractivity (Wildman–Crippen MR) is 79.0 cm³/mol. The topological polar surface area (TPSA) is 76.7 Å². The zero-order valence-electron chi connectivity index (χ0n) is 11.0. The third-order valence-corrected chi connectivity index (χ3v) is 3.01. The largest absolute Gasteiger partial charge is 0.365 e. The van der Waals surface area contributed by atoms with Crippen molar-refractivity contribution in [1.29, 1.82) is 0 Å². The highest BCUT2D eigenvalue weighted by molar-refractivity contribution is 5.88. The van der Waals surface area contributed by atoms with E-state index in [4.69, 9.17) is 5.73 Å². The van der Waals surface area contributed by atoms with E-state index in [0.717, 1.165) is 22.3 Å². The average molecular weight is 265 g/mol. The van der Waals surface area contributed by atoms with E-state index in [2.05, 4.69) is 20.3 Å². The fraction of sp³-hybridized carbons (Fsp3) is 0.133. The van der Waals surface area contributed by atoms with Crippen LogP contribution >= 0.6 is 0 Å². The van der Waals surface area contributed by atoms with Gasteiger partial charge in [0.15, 0.2) is 0 Å². The van der Waals surface area contributed by atoms with Crippen LogP contribution in [0.5, 0.6) is 0 Å². The zero-order chi connectivity index (χ0) is 13.8. The summed E-state index contributed by atoms with van der Waals surface area (Å²) < 4.78 is 0. The first-order valence-corrected chi connectivity index (χ1v) is 6.45. The van der Waals surface area contributed by atoms with Crippen molar-refractivity contribution in [2.45, 2.75) is 13.1 Å². The monoisotopic (exact) mass is 265 g/mol. The van der Waals surface area contributed by atoms with Gasteiger partial charge in [-0.05, 0) is 23.8 Å². The lowest BCUT2D eigenvalue weighted by Crippen LogP contribution is -2.08. The van der Waals surface area contributed by atoms with Crippen LogP contribution in [0.2, 0.25) is 0 Å². The van der Waals surface area contributed by atoms with Crippen molar-refractivity contribution in [2.75, 3.05) is 5.32 Å². The first-order valence-electron chi connectivity index (χ1n) is 6.45. The SMILES string of the molecule is NCc1nc(NCc2cccnc2)c2ccccc2n1. The molecule has 0 aliphatic rings. The second-order valence-electron chi connectivity index (χ2n) is 4.42. The third-order valence-electron chi connectivity index (χ3n) is 3.01. The Balaban J connectivity index is 1.93. The van der Waals surface area contributed by atoms with Gasteiger partial charge in [0.05, 0.1) is 12.1 Å². The van der Waals surface area contributed by atoms with Crippen molar-refractivity contribution in [3.05, 3.63) is 60.2 Å². The van der Waals surface area contributed by atoms with Gasteiger partial charge < -0.3 is 11.1 Å². The standard InChI is InChI=1S/C15H15N5/c16-8-14-19-13-6-2-1-5-12(13)15(20-14)18-10-11-4-3-7-17-9-11/h1-7,9H,8,10,16H2,(H,18,19,20). The number of nitrogens with one attached hydrogen (secondary N) is 1. The van der Waals surface area contributed by atoms with Crippen LogP contribution in [0.15, 0.2) is 48.8 Å². The highest BCUT2D eigenvalue weighted by Crippen LogP contribution is 2.20. The van der Waals surface area contributed by atoms with Crippen molar-refractivity contribution in [3.8, 4) is 0 Å². The van der Waals surface area contributed by atoms with Crippen molar-refractivity contribution >= 4 is 16.7 Å². The quantitative estimate of drug-likeness (QED) is 0.755. The predicted octanol–water partition coefficient (Wildman–Crippen LogP) is 2.10. The van der Waals surface area contributed by atoms with Gasteiger partial charge in [-0.15, -0.1) is 0 Å². The molecule has 0 unspecified atom stereocenters. The van der Waals surface area contributed by atoms with Crippen LogP contribution < -0.4 is 11.1 Å². The Morgan fingerprint density at radius 3 is 2.75 bits per heavy atom. The first kappa shape index (κ1) is 12.5. The molecule has 5 nitrogen and oxygen atoms in total. The minimum Gasteiger partial charge on any atom is -0.365 e. The van der Waals surface area contributed by atoms with Crippen LogP contribution in [-0.2, 0) is 13.1 Å². The zero-order valence-corrected chi connectivity index (χ0v) is 11.0. The Morgan fingerprint density at radius 1 is 1.05 bits per heavy atom. The van der Waals surface area contributed by atoms with Gasteiger partial charge >= 0.3 is 0 Å². The molecule has 0 aliphatic carbocycles. The van der Waals surface area contributed by atoms with Gasteiger partial charge in [-0.25, -0.2) is 9.97 Å². The molecular formula is C15H15N5. The fourth-order valence-electron chi connectivity index (χ4n) is 2.04. The molecule has 0 saturated heterocycles. The molecule has 3 rings (SSSR count). The van der Waals surface area contributed by atoms with Crippen molar-refractivity contribution in [3.63, 3.8) is 0 Å². The van der Waals surface area contributed by atoms with Crippen LogP contribution in [0.3, 0.4) is 0 Å². The highest BCUT2D eigenvalue weighted by atomic mass is 15.0. The lowest BCUT2D eigenvalue weighted by Gasteiger charge is -2.10. The lowest BCUT2D eigenvalue weighted by atomic mass is 10.2. The van der Waals surface area contributed by atoms with Gasteiger partial charge in [0.2, 0.25) is 0 Å². The summed E-state index contributed by atoms with van der Waals surface area (Å²) in [5.41, 5.74) is 7.66. The van der Waals surface area contributed by atoms with E-state index in [-0.39, 0.29) is 0 Å². The second-order valence-corrected chi connectivity index (χ2v) is 4.42. The van der Waals surface area contributed by atoms with Crippen LogP contribution in [0.1, 0.15) is 11.4 Å². The van der Waals surface area contributed by atoms with E-state index < -0.39 is 0 Å². The summed E-state index contributed by atoms with van der Waals surface area (Å²) in [6.07, 6.45) is 3.59. The number of anilines is 1. The third kappa shape index (κ3) is 2.57. The summed E-state index contributed by atoms with van der Waals surface area (Å²) in [6.45, 7) is 0.991.